The lowest BCUT2D eigenvalue weighted by Gasteiger charge is -2.31. The number of carbonyl (C=O) groups is 1. The van der Waals surface area contributed by atoms with Gasteiger partial charge in [-0.2, -0.15) is 0 Å². The molecular weight excluding hydrogens is 212 g/mol. The van der Waals surface area contributed by atoms with Crippen LogP contribution in [0.5, 0.6) is 0 Å². The normalized spacial score (nSPS) is 15.1. The molecule has 0 radical (unpaired) electrons. The van der Waals surface area contributed by atoms with Gasteiger partial charge in [0.2, 0.25) is 5.91 Å². The van der Waals surface area contributed by atoms with Crippen LogP contribution in [0.3, 0.4) is 0 Å². The zero-order valence-corrected chi connectivity index (χ0v) is 11.1. The Bertz CT molecular complexity index is 209. The van der Waals surface area contributed by atoms with Crippen molar-refractivity contribution >= 4 is 5.91 Å². The summed E-state index contributed by atoms with van der Waals surface area (Å²) in [6.45, 7) is 4.55. The smallest absolute Gasteiger partial charge is 0.249 e. The molecule has 0 aliphatic carbocycles. The zero-order valence-electron chi connectivity index (χ0n) is 10.4. The van der Waals surface area contributed by atoms with Crippen molar-refractivity contribution in [1.29, 1.82) is 0 Å². The molecule has 90 valence electrons. The van der Waals surface area contributed by atoms with Gasteiger partial charge in [0.1, 0.15) is 0 Å². The van der Waals surface area contributed by atoms with Crippen LogP contribution in [0.4, 0.5) is 0 Å². The molecule has 0 aromatic heterocycles. The fourth-order valence-electron chi connectivity index (χ4n) is 0.956. The minimum absolute atomic E-state index is 0. The molecule has 1 heterocycles. The summed E-state index contributed by atoms with van der Waals surface area (Å²) in [7, 11) is 6.75. The van der Waals surface area contributed by atoms with Crippen LogP contribution in [0, 0.1) is 0 Å². The van der Waals surface area contributed by atoms with Crippen LogP contribution in [0.2, 0.25) is 0 Å². The molecule has 1 atom stereocenters. The van der Waals surface area contributed by atoms with Crippen LogP contribution < -0.4 is 17.7 Å². The lowest BCUT2D eigenvalue weighted by molar-refractivity contribution is -0.894. The average Bonchev–Trinajstić information content (AvgIpc) is 2.01. The quantitative estimate of drug-likeness (QED) is 0.593. The summed E-state index contributed by atoms with van der Waals surface area (Å²) in [4.78, 5) is 9.70. The molecule has 1 unspecified atom stereocenters. The number of quaternary nitrogens is 1. The number of carbonyl (C=O) groups excluding carboxylic acids is 1. The van der Waals surface area contributed by atoms with Gasteiger partial charge in [0.25, 0.3) is 0 Å². The van der Waals surface area contributed by atoms with Crippen LogP contribution in [-0.4, -0.2) is 37.6 Å². The summed E-state index contributed by atoms with van der Waals surface area (Å²) in [5.41, 5.74) is 0. The molecule has 1 rings (SSSR count). The molecule has 0 bridgehead atoms. The van der Waals surface area contributed by atoms with Crippen molar-refractivity contribution in [2.75, 3.05) is 21.1 Å². The largest absolute Gasteiger partial charge is 1.00 e. The third-order valence-electron chi connectivity index (χ3n) is 2.49. The van der Waals surface area contributed by atoms with E-state index in [1.165, 1.54) is 18.9 Å². The molecule has 0 fully saturated rings. The van der Waals surface area contributed by atoms with Gasteiger partial charge < -0.3 is 22.2 Å². The second kappa shape index (κ2) is 7.71. The molecule has 0 saturated heterocycles. The average molecular weight is 235 g/mol. The van der Waals surface area contributed by atoms with Gasteiger partial charge in [0, 0.05) is 12.3 Å². The highest BCUT2D eigenvalue weighted by molar-refractivity contribution is 5.93. The number of hydrogen-bond donors (Lipinski definition) is 1. The summed E-state index contributed by atoms with van der Waals surface area (Å²) in [5, 5.41) is 2.39. The molecule has 1 aliphatic heterocycles. The third-order valence-corrected chi connectivity index (χ3v) is 2.49. The Labute approximate surface area is 99.5 Å². The van der Waals surface area contributed by atoms with Crippen molar-refractivity contribution in [2.24, 2.45) is 0 Å². The van der Waals surface area contributed by atoms with Crippen molar-refractivity contribution < 1.29 is 21.7 Å². The molecule has 1 amide bonds. The molecule has 1 aliphatic rings. The van der Waals surface area contributed by atoms with Crippen LogP contribution in [0.15, 0.2) is 12.3 Å². The van der Waals surface area contributed by atoms with Gasteiger partial charge in [-0.25, -0.2) is 0 Å². The first-order valence-corrected chi connectivity index (χ1v) is 5.16. The Balaban J connectivity index is 0. The van der Waals surface area contributed by atoms with Crippen molar-refractivity contribution in [1.82, 2.24) is 5.32 Å². The maximum Gasteiger partial charge on any atom is 0.249 e. The summed E-state index contributed by atoms with van der Waals surface area (Å²) in [5.74, 6) is 0.00463. The standard InChI is InChI=1S/C8H20N.C3H3NO.ClH/c1-6-7-8(2)9(3,4)5;5-3-1-2-4-3;/h8H,6-7H2,1-5H3;1-2H,(H,4,5);1H/q+1;;/p-1. The highest BCUT2D eigenvalue weighted by atomic mass is 35.5. The highest BCUT2D eigenvalue weighted by Gasteiger charge is 2.15. The van der Waals surface area contributed by atoms with E-state index in [4.69, 9.17) is 0 Å². The molecule has 0 spiro atoms. The van der Waals surface area contributed by atoms with Crippen LogP contribution >= 0.6 is 0 Å². The molecule has 0 aromatic carbocycles. The first-order chi connectivity index (χ1) is 6.38. The Morgan fingerprint density at radius 1 is 1.40 bits per heavy atom. The second-order valence-electron chi connectivity index (χ2n) is 4.60. The van der Waals surface area contributed by atoms with Gasteiger partial charge in [-0.3, -0.25) is 4.79 Å². The van der Waals surface area contributed by atoms with Gasteiger partial charge in [-0.05, 0) is 13.3 Å². The van der Waals surface area contributed by atoms with Gasteiger partial charge in [0.05, 0.1) is 27.2 Å². The van der Waals surface area contributed by atoms with Crippen molar-refractivity contribution in [3.05, 3.63) is 12.3 Å². The van der Waals surface area contributed by atoms with E-state index in [-0.39, 0.29) is 18.3 Å². The first kappa shape index (κ1) is 16.9. The van der Waals surface area contributed by atoms with Gasteiger partial charge in [-0.15, -0.1) is 0 Å². The topological polar surface area (TPSA) is 29.1 Å². The molecule has 1 N–H and O–H groups in total. The van der Waals surface area contributed by atoms with Crippen LogP contribution in [-0.2, 0) is 4.79 Å². The summed E-state index contributed by atoms with van der Waals surface area (Å²) in [6.07, 6.45) is 5.71. The molecule has 0 saturated carbocycles. The van der Waals surface area contributed by atoms with E-state index < -0.39 is 0 Å². The summed E-state index contributed by atoms with van der Waals surface area (Å²) < 4.78 is 1.09. The van der Waals surface area contributed by atoms with Crippen molar-refractivity contribution in [3.8, 4) is 0 Å². The van der Waals surface area contributed by atoms with E-state index >= 15 is 0 Å². The lowest BCUT2D eigenvalue weighted by atomic mass is 10.1. The highest BCUT2D eigenvalue weighted by Crippen LogP contribution is 2.07. The lowest BCUT2D eigenvalue weighted by Crippen LogP contribution is -3.00. The van der Waals surface area contributed by atoms with E-state index in [1.807, 2.05) is 0 Å². The maximum absolute atomic E-state index is 9.70. The number of hydrogen-bond acceptors (Lipinski definition) is 1. The number of nitrogens with one attached hydrogen (secondary N) is 1. The Morgan fingerprint density at radius 3 is 1.87 bits per heavy atom. The molecular formula is C11H23ClN2O. The SMILES string of the molecule is CCCC(C)[N+](C)(C)C.O=C1C=CN1.[Cl-]. The Hall–Kier alpha value is -0.540. The number of amides is 1. The minimum Gasteiger partial charge on any atom is -1.00 e. The van der Waals surface area contributed by atoms with Gasteiger partial charge in [0.15, 0.2) is 0 Å². The minimum atomic E-state index is 0. The first-order valence-electron chi connectivity index (χ1n) is 5.16. The van der Waals surface area contributed by atoms with Gasteiger partial charge >= 0.3 is 0 Å². The van der Waals surface area contributed by atoms with Gasteiger partial charge in [-0.1, -0.05) is 13.3 Å². The molecule has 15 heavy (non-hydrogen) atoms. The Morgan fingerprint density at radius 2 is 1.80 bits per heavy atom. The van der Waals surface area contributed by atoms with Crippen LogP contribution in [0.1, 0.15) is 26.7 Å². The molecule has 0 aromatic rings. The second-order valence-corrected chi connectivity index (χ2v) is 4.60. The van der Waals surface area contributed by atoms with E-state index in [0.29, 0.717) is 0 Å². The molecule has 4 heteroatoms. The van der Waals surface area contributed by atoms with E-state index in [9.17, 15) is 4.79 Å². The molecule has 3 nitrogen and oxygen atoms in total. The van der Waals surface area contributed by atoms with E-state index in [2.05, 4.69) is 40.3 Å². The van der Waals surface area contributed by atoms with E-state index in [0.717, 1.165) is 10.5 Å². The number of halogens is 1. The Kier molecular flexibility index (Phi) is 8.68. The maximum atomic E-state index is 9.70. The predicted molar refractivity (Wildman–Crippen MR) is 59.7 cm³/mol. The fraction of sp³-hybridized carbons (Fsp3) is 0.727. The van der Waals surface area contributed by atoms with Crippen molar-refractivity contribution in [2.45, 2.75) is 32.7 Å². The summed E-state index contributed by atoms with van der Waals surface area (Å²) >= 11 is 0. The fourth-order valence-corrected chi connectivity index (χ4v) is 0.956. The van der Waals surface area contributed by atoms with Crippen LogP contribution in [0.25, 0.3) is 0 Å². The predicted octanol–water partition coefficient (Wildman–Crippen LogP) is -1.48. The van der Waals surface area contributed by atoms with Crippen molar-refractivity contribution in [3.63, 3.8) is 0 Å². The summed E-state index contributed by atoms with van der Waals surface area (Å²) in [6, 6.07) is 0.801. The third kappa shape index (κ3) is 8.45. The van der Waals surface area contributed by atoms with E-state index in [1.54, 1.807) is 6.20 Å². The number of rotatable bonds is 3. The zero-order chi connectivity index (χ0) is 11.2. The number of nitrogens with zero attached hydrogens (tertiary/aromatic N) is 1. The monoisotopic (exact) mass is 234 g/mol.